The normalized spacial score (nSPS) is 17.8. The van der Waals surface area contributed by atoms with Gasteiger partial charge in [-0.3, -0.25) is 0 Å². The number of carbonyl (C=O) groups excluding carboxylic acids is 3. The van der Waals surface area contributed by atoms with Gasteiger partial charge in [0.2, 0.25) is 0 Å². The maximum Gasteiger partial charge on any atom is 0.337 e. The summed E-state index contributed by atoms with van der Waals surface area (Å²) < 4.78 is 4.72. The first-order valence-corrected chi connectivity index (χ1v) is 6.12. The van der Waals surface area contributed by atoms with Crippen LogP contribution in [0.2, 0.25) is 0 Å². The molecule has 0 unspecified atom stereocenters. The van der Waals surface area contributed by atoms with Gasteiger partial charge in [-0.15, -0.1) is 0 Å². The third-order valence-corrected chi connectivity index (χ3v) is 3.15. The van der Waals surface area contributed by atoms with E-state index in [1.165, 1.54) is 31.4 Å². The number of carboxylic acid groups (broad SMARTS) is 1. The third kappa shape index (κ3) is 2.86. The van der Waals surface area contributed by atoms with E-state index in [-0.39, 0.29) is 11.1 Å². The number of hydrogen-bond donors (Lipinski definition) is 2. The minimum absolute atomic E-state index is 0.0133. The molecule has 0 aliphatic carbocycles. The van der Waals surface area contributed by atoms with Crippen LogP contribution in [0, 0.1) is 0 Å². The van der Waals surface area contributed by atoms with Gasteiger partial charge < -0.3 is 25.3 Å². The predicted octanol–water partition coefficient (Wildman–Crippen LogP) is -0.149. The van der Waals surface area contributed by atoms with Crippen molar-refractivity contribution in [3.05, 3.63) is 46.7 Å². The van der Waals surface area contributed by atoms with Crippen molar-refractivity contribution in [2.24, 2.45) is 0 Å². The van der Waals surface area contributed by atoms with Crippen LogP contribution in [0.3, 0.4) is 0 Å². The summed E-state index contributed by atoms with van der Waals surface area (Å²) in [5, 5.41) is 15.8. The van der Waals surface area contributed by atoms with E-state index in [2.05, 4.69) is 10.6 Å². The Labute approximate surface area is 120 Å². The number of rotatable bonds is 3. The molecule has 0 radical (unpaired) electrons. The van der Waals surface area contributed by atoms with Crippen molar-refractivity contribution in [2.45, 2.75) is 13.0 Å². The lowest BCUT2D eigenvalue weighted by atomic mass is 9.95. The highest BCUT2D eigenvalue weighted by Crippen LogP contribution is 2.27. The highest BCUT2D eigenvalue weighted by Gasteiger charge is 2.31. The van der Waals surface area contributed by atoms with Crippen molar-refractivity contribution in [1.29, 1.82) is 0 Å². The van der Waals surface area contributed by atoms with Crippen LogP contribution in [0.4, 0.5) is 4.79 Å². The van der Waals surface area contributed by atoms with Gasteiger partial charge >= 0.3 is 12.0 Å². The molecule has 2 rings (SSSR count). The number of aromatic carboxylic acids is 1. The Morgan fingerprint density at radius 1 is 1.24 bits per heavy atom. The van der Waals surface area contributed by atoms with Crippen LogP contribution >= 0.6 is 0 Å². The summed E-state index contributed by atoms with van der Waals surface area (Å²) in [6.07, 6.45) is 0. The fraction of sp³-hybridized carbons (Fsp3) is 0.214. The summed E-state index contributed by atoms with van der Waals surface area (Å²) >= 11 is 0. The van der Waals surface area contributed by atoms with Gasteiger partial charge in [-0.25, -0.2) is 9.59 Å². The molecule has 1 aromatic carbocycles. The van der Waals surface area contributed by atoms with Crippen LogP contribution in [-0.4, -0.2) is 25.1 Å². The highest BCUT2D eigenvalue weighted by atomic mass is 16.5. The first-order chi connectivity index (χ1) is 9.93. The minimum atomic E-state index is -1.30. The average molecular weight is 289 g/mol. The zero-order valence-corrected chi connectivity index (χ0v) is 11.4. The molecule has 0 fully saturated rings. The SMILES string of the molecule is COC(=O)C1=C(C)NC(=O)N[C@H]1c1ccc(C(=O)[O-])cc1. The molecular formula is C14H13N2O5-. The van der Waals surface area contributed by atoms with E-state index in [1.807, 2.05) is 0 Å². The second-order valence-corrected chi connectivity index (χ2v) is 4.47. The highest BCUT2D eigenvalue weighted by molar-refractivity contribution is 5.95. The molecule has 0 spiro atoms. The molecule has 0 saturated heterocycles. The molecular weight excluding hydrogens is 276 g/mol. The van der Waals surface area contributed by atoms with E-state index in [0.717, 1.165) is 0 Å². The minimum Gasteiger partial charge on any atom is -0.545 e. The third-order valence-electron chi connectivity index (χ3n) is 3.15. The monoisotopic (exact) mass is 289 g/mol. The summed E-state index contributed by atoms with van der Waals surface area (Å²) in [6.45, 7) is 1.59. The number of carboxylic acids is 1. The number of methoxy groups -OCH3 is 1. The Bertz CT molecular complexity index is 633. The molecule has 0 saturated carbocycles. The molecule has 7 nitrogen and oxygen atoms in total. The van der Waals surface area contributed by atoms with Gasteiger partial charge in [-0.1, -0.05) is 24.3 Å². The molecule has 2 N–H and O–H groups in total. The number of urea groups is 1. The first kappa shape index (κ1) is 14.6. The van der Waals surface area contributed by atoms with Crippen molar-refractivity contribution >= 4 is 18.0 Å². The molecule has 110 valence electrons. The molecule has 7 heteroatoms. The zero-order valence-electron chi connectivity index (χ0n) is 11.4. The predicted molar refractivity (Wildman–Crippen MR) is 69.9 cm³/mol. The zero-order chi connectivity index (χ0) is 15.6. The molecule has 0 aromatic heterocycles. The van der Waals surface area contributed by atoms with Crippen LogP contribution in [0.1, 0.15) is 28.9 Å². The lowest BCUT2D eigenvalue weighted by molar-refractivity contribution is -0.255. The Kier molecular flexibility index (Phi) is 3.93. The maximum atomic E-state index is 11.9. The van der Waals surface area contributed by atoms with E-state index < -0.39 is 24.0 Å². The van der Waals surface area contributed by atoms with Crippen LogP contribution in [0.15, 0.2) is 35.5 Å². The van der Waals surface area contributed by atoms with E-state index in [1.54, 1.807) is 6.92 Å². The van der Waals surface area contributed by atoms with Crippen molar-refractivity contribution in [3.63, 3.8) is 0 Å². The fourth-order valence-corrected chi connectivity index (χ4v) is 2.14. The number of carbonyl (C=O) groups is 3. The Morgan fingerprint density at radius 3 is 2.38 bits per heavy atom. The number of hydrogen-bond acceptors (Lipinski definition) is 5. The standard InChI is InChI=1S/C14H14N2O5/c1-7-10(13(19)21-2)11(16-14(20)15-7)8-3-5-9(6-4-8)12(17)18/h3-6,11H,1-2H3,(H,17,18)(H2,15,16,20)/p-1/t11-/m0/s1. The summed E-state index contributed by atoms with van der Waals surface area (Å²) in [4.78, 5) is 34.2. The molecule has 1 aromatic rings. The molecule has 2 amide bonds. The van der Waals surface area contributed by atoms with Crippen molar-refractivity contribution in [1.82, 2.24) is 10.6 Å². The van der Waals surface area contributed by atoms with Gasteiger partial charge in [0.25, 0.3) is 0 Å². The summed E-state index contributed by atoms with van der Waals surface area (Å²) in [6, 6.07) is 4.57. The lowest BCUT2D eigenvalue weighted by Gasteiger charge is -2.27. The Morgan fingerprint density at radius 2 is 1.86 bits per heavy atom. The number of nitrogens with one attached hydrogen (secondary N) is 2. The van der Waals surface area contributed by atoms with Crippen LogP contribution in [-0.2, 0) is 9.53 Å². The summed E-state index contributed by atoms with van der Waals surface area (Å²) in [7, 11) is 1.25. The average Bonchev–Trinajstić information content (AvgIpc) is 2.45. The van der Waals surface area contributed by atoms with Gasteiger partial charge in [-0.2, -0.15) is 0 Å². The Hall–Kier alpha value is -2.83. The fourth-order valence-electron chi connectivity index (χ4n) is 2.14. The molecule has 21 heavy (non-hydrogen) atoms. The smallest absolute Gasteiger partial charge is 0.337 e. The number of esters is 1. The largest absolute Gasteiger partial charge is 0.545 e. The van der Waals surface area contributed by atoms with Gasteiger partial charge in [-0.05, 0) is 18.1 Å². The number of amides is 2. The van der Waals surface area contributed by atoms with E-state index in [9.17, 15) is 19.5 Å². The van der Waals surface area contributed by atoms with E-state index in [4.69, 9.17) is 4.74 Å². The lowest BCUT2D eigenvalue weighted by Crippen LogP contribution is -2.45. The molecule has 1 heterocycles. The quantitative estimate of drug-likeness (QED) is 0.752. The second-order valence-electron chi connectivity index (χ2n) is 4.47. The van der Waals surface area contributed by atoms with Gasteiger partial charge in [0.1, 0.15) is 0 Å². The van der Waals surface area contributed by atoms with E-state index >= 15 is 0 Å². The number of allylic oxidation sites excluding steroid dienone is 1. The number of ether oxygens (including phenoxy) is 1. The van der Waals surface area contributed by atoms with Gasteiger partial charge in [0.05, 0.1) is 24.7 Å². The molecule has 1 aliphatic heterocycles. The topological polar surface area (TPSA) is 108 Å². The van der Waals surface area contributed by atoms with Crippen molar-refractivity contribution in [2.75, 3.05) is 7.11 Å². The van der Waals surface area contributed by atoms with Gasteiger partial charge in [0, 0.05) is 5.70 Å². The second kappa shape index (κ2) is 5.66. The number of benzene rings is 1. The van der Waals surface area contributed by atoms with Crippen molar-refractivity contribution < 1.29 is 24.2 Å². The van der Waals surface area contributed by atoms with E-state index in [0.29, 0.717) is 11.3 Å². The first-order valence-electron chi connectivity index (χ1n) is 6.12. The molecule has 1 aliphatic rings. The molecule has 1 atom stereocenters. The summed E-state index contributed by atoms with van der Waals surface area (Å²) in [5.74, 6) is -1.87. The summed E-state index contributed by atoms with van der Waals surface area (Å²) in [5.41, 5.74) is 1.23. The Balaban J connectivity index is 2.43. The maximum absolute atomic E-state index is 11.9. The van der Waals surface area contributed by atoms with Crippen LogP contribution < -0.4 is 15.7 Å². The van der Waals surface area contributed by atoms with Gasteiger partial charge in [0.15, 0.2) is 0 Å². The van der Waals surface area contributed by atoms with Crippen LogP contribution in [0.5, 0.6) is 0 Å². The van der Waals surface area contributed by atoms with Crippen molar-refractivity contribution in [3.8, 4) is 0 Å². The molecule has 0 bridgehead atoms. The van der Waals surface area contributed by atoms with Crippen LogP contribution in [0.25, 0.3) is 0 Å².